The average Bonchev–Trinajstić information content (AvgIpc) is 3.45. The third-order valence-electron chi connectivity index (χ3n) is 6.11. The number of aliphatic hydroxyl groups excluding tert-OH is 1. The number of anilines is 3. The molecule has 0 amide bonds. The van der Waals surface area contributed by atoms with Crippen LogP contribution < -0.4 is 15.8 Å². The lowest BCUT2D eigenvalue weighted by Crippen LogP contribution is -2.44. The molecule has 0 saturated carbocycles. The van der Waals surface area contributed by atoms with Crippen molar-refractivity contribution in [1.82, 2.24) is 24.2 Å². The van der Waals surface area contributed by atoms with Gasteiger partial charge in [-0.15, -0.1) is 0 Å². The normalized spacial score (nSPS) is 15.1. The number of nitrogens with one attached hydrogen (secondary N) is 1. The monoisotopic (exact) mass is 519 g/mol. The van der Waals surface area contributed by atoms with Crippen molar-refractivity contribution in [2.75, 3.05) is 43.4 Å². The topological polar surface area (TPSA) is 91.5 Å². The zero-order valence-electron chi connectivity index (χ0n) is 19.4. The number of hydrogen-bond acceptors (Lipinski definition) is 8. The second-order valence-electron chi connectivity index (χ2n) is 8.62. The number of alkyl halides is 3. The van der Waals surface area contributed by atoms with Gasteiger partial charge in [0.25, 0.3) is 5.56 Å². The number of nitrogens with zero attached hydrogens (tertiary/aromatic N) is 6. The van der Waals surface area contributed by atoms with Gasteiger partial charge in [-0.1, -0.05) is 0 Å². The molecule has 2 N–H and O–H groups in total. The van der Waals surface area contributed by atoms with Crippen LogP contribution in [0.4, 0.5) is 30.5 Å². The van der Waals surface area contributed by atoms with Gasteiger partial charge in [-0.25, -0.2) is 14.3 Å². The van der Waals surface area contributed by atoms with Gasteiger partial charge in [-0.3, -0.25) is 4.79 Å². The highest BCUT2D eigenvalue weighted by molar-refractivity contribution is 7.08. The molecule has 1 aliphatic heterocycles. The van der Waals surface area contributed by atoms with Crippen molar-refractivity contribution in [2.45, 2.75) is 19.3 Å². The fourth-order valence-electron chi connectivity index (χ4n) is 4.32. The van der Waals surface area contributed by atoms with E-state index >= 15 is 0 Å². The van der Waals surface area contributed by atoms with Gasteiger partial charge in [-0.2, -0.15) is 29.5 Å². The summed E-state index contributed by atoms with van der Waals surface area (Å²) < 4.78 is 41.5. The molecular formula is C23H24F3N7O2S. The minimum absolute atomic E-state index is 0.0162. The van der Waals surface area contributed by atoms with E-state index in [1.807, 2.05) is 12.1 Å². The summed E-state index contributed by atoms with van der Waals surface area (Å²) in [6, 6.07) is 7.16. The molecule has 0 atom stereocenters. The number of fused-ring (bicyclic) bond motifs is 1. The molecule has 1 aromatic carbocycles. The zero-order valence-corrected chi connectivity index (χ0v) is 20.2. The summed E-state index contributed by atoms with van der Waals surface area (Å²) >= 11 is 1.30. The summed E-state index contributed by atoms with van der Waals surface area (Å²) in [7, 11) is 2.07. The third kappa shape index (κ3) is 4.81. The molecule has 0 bridgehead atoms. The maximum absolute atomic E-state index is 13.3. The highest BCUT2D eigenvalue weighted by atomic mass is 32.1. The van der Waals surface area contributed by atoms with Gasteiger partial charge in [0.05, 0.1) is 12.3 Å². The minimum Gasteiger partial charge on any atom is -0.392 e. The Morgan fingerprint density at radius 1 is 1.17 bits per heavy atom. The van der Waals surface area contributed by atoms with Crippen molar-refractivity contribution in [3.63, 3.8) is 0 Å². The van der Waals surface area contributed by atoms with Crippen molar-refractivity contribution in [2.24, 2.45) is 0 Å². The quantitative estimate of drug-likeness (QED) is 0.404. The van der Waals surface area contributed by atoms with Crippen molar-refractivity contribution < 1.29 is 18.3 Å². The number of halogens is 3. The van der Waals surface area contributed by atoms with Crippen LogP contribution in [0.1, 0.15) is 5.56 Å². The fraction of sp³-hybridized carbons (Fsp3) is 0.348. The lowest BCUT2D eigenvalue weighted by atomic mass is 10.1. The van der Waals surface area contributed by atoms with Crippen LogP contribution in [0.3, 0.4) is 0 Å². The standard InChI is InChI=1S/C23H24F3N7O2S/c1-30-5-7-31(8-6-30)19-3-2-16(10-15(19)12-34)28-22-27-11-18-20(29-22)33(17-4-9-36-13-17)32(21(18)35)14-23(24,25)26/h2-4,9-11,13,34H,5-8,12,14H2,1H3,(H,27,28,29). The van der Waals surface area contributed by atoms with Gasteiger partial charge >= 0.3 is 6.18 Å². The van der Waals surface area contributed by atoms with Crippen molar-refractivity contribution in [3.8, 4) is 5.69 Å². The van der Waals surface area contributed by atoms with Crippen LogP contribution in [0, 0.1) is 0 Å². The lowest BCUT2D eigenvalue weighted by molar-refractivity contribution is -0.144. The number of aliphatic hydroxyl groups is 1. The van der Waals surface area contributed by atoms with Crippen molar-refractivity contribution >= 4 is 39.7 Å². The lowest BCUT2D eigenvalue weighted by Gasteiger charge is -2.35. The number of aromatic nitrogens is 4. The van der Waals surface area contributed by atoms with Gasteiger partial charge in [0.15, 0.2) is 5.65 Å². The van der Waals surface area contributed by atoms with E-state index in [0.29, 0.717) is 16.1 Å². The molecule has 1 saturated heterocycles. The Morgan fingerprint density at radius 3 is 2.61 bits per heavy atom. The maximum atomic E-state index is 13.3. The van der Waals surface area contributed by atoms with Crippen LogP contribution in [-0.4, -0.2) is 68.7 Å². The van der Waals surface area contributed by atoms with E-state index < -0.39 is 18.3 Å². The first-order valence-corrected chi connectivity index (χ1v) is 12.2. The molecule has 4 aromatic rings. The molecule has 5 rings (SSSR count). The highest BCUT2D eigenvalue weighted by Gasteiger charge is 2.32. The Labute approximate surface area is 208 Å². The summed E-state index contributed by atoms with van der Waals surface area (Å²) in [4.78, 5) is 25.8. The molecule has 1 aliphatic rings. The van der Waals surface area contributed by atoms with E-state index in [-0.39, 0.29) is 23.6 Å². The first-order valence-electron chi connectivity index (χ1n) is 11.3. The second-order valence-corrected chi connectivity index (χ2v) is 9.40. The first-order chi connectivity index (χ1) is 17.2. The molecule has 1 fully saturated rings. The summed E-state index contributed by atoms with van der Waals surface area (Å²) in [5.74, 6) is 0.117. The Hall–Kier alpha value is -3.42. The fourth-order valence-corrected chi connectivity index (χ4v) is 4.93. The van der Waals surface area contributed by atoms with E-state index in [2.05, 4.69) is 32.1 Å². The van der Waals surface area contributed by atoms with Crippen LogP contribution in [0.2, 0.25) is 0 Å². The molecule has 3 aromatic heterocycles. The molecular weight excluding hydrogens is 495 g/mol. The van der Waals surface area contributed by atoms with E-state index in [0.717, 1.165) is 37.4 Å². The van der Waals surface area contributed by atoms with Crippen LogP contribution in [0.25, 0.3) is 16.7 Å². The maximum Gasteiger partial charge on any atom is 0.408 e. The van der Waals surface area contributed by atoms with Crippen LogP contribution in [-0.2, 0) is 13.2 Å². The van der Waals surface area contributed by atoms with Gasteiger partial charge < -0.3 is 20.2 Å². The third-order valence-corrected chi connectivity index (χ3v) is 6.78. The number of rotatable bonds is 6. The van der Waals surface area contributed by atoms with E-state index in [1.54, 1.807) is 22.9 Å². The van der Waals surface area contributed by atoms with Gasteiger partial charge in [0.2, 0.25) is 5.95 Å². The Morgan fingerprint density at radius 2 is 1.94 bits per heavy atom. The number of thiophene rings is 1. The highest BCUT2D eigenvalue weighted by Crippen LogP contribution is 2.28. The van der Waals surface area contributed by atoms with E-state index in [1.165, 1.54) is 22.2 Å². The minimum atomic E-state index is -4.59. The molecule has 13 heteroatoms. The molecule has 0 unspecified atom stereocenters. The largest absolute Gasteiger partial charge is 0.408 e. The summed E-state index contributed by atoms with van der Waals surface area (Å²) in [5, 5.41) is 16.4. The Bertz CT molecular complexity index is 1420. The number of likely N-dealkylation sites (N-methyl/N-ethyl adjacent to an activating group) is 1. The second kappa shape index (κ2) is 9.56. The predicted octanol–water partition coefficient (Wildman–Crippen LogP) is 3.19. The molecule has 0 radical (unpaired) electrons. The van der Waals surface area contributed by atoms with Crippen LogP contribution >= 0.6 is 11.3 Å². The van der Waals surface area contributed by atoms with E-state index in [9.17, 15) is 23.1 Å². The molecule has 4 heterocycles. The number of benzene rings is 1. The smallest absolute Gasteiger partial charge is 0.392 e. The molecule has 0 aliphatic carbocycles. The van der Waals surface area contributed by atoms with Gasteiger partial charge in [-0.05, 0) is 36.7 Å². The molecule has 0 spiro atoms. The van der Waals surface area contributed by atoms with Gasteiger partial charge in [0.1, 0.15) is 11.9 Å². The Kier molecular flexibility index (Phi) is 6.45. The molecule has 36 heavy (non-hydrogen) atoms. The molecule has 9 nitrogen and oxygen atoms in total. The van der Waals surface area contributed by atoms with E-state index in [4.69, 9.17) is 0 Å². The van der Waals surface area contributed by atoms with Crippen LogP contribution in [0.15, 0.2) is 46.0 Å². The van der Waals surface area contributed by atoms with Crippen molar-refractivity contribution in [1.29, 1.82) is 0 Å². The van der Waals surface area contributed by atoms with Crippen molar-refractivity contribution in [3.05, 3.63) is 57.1 Å². The predicted molar refractivity (Wildman–Crippen MR) is 132 cm³/mol. The van der Waals surface area contributed by atoms with Gasteiger partial charge in [0, 0.05) is 54.7 Å². The zero-order chi connectivity index (χ0) is 25.4. The SMILES string of the molecule is CN1CCN(c2ccc(Nc3ncc4c(=O)n(CC(F)(F)F)n(-c5ccsc5)c4n3)cc2CO)CC1. The van der Waals surface area contributed by atoms with Crippen LogP contribution in [0.5, 0.6) is 0 Å². The number of piperazine rings is 1. The Balaban J connectivity index is 1.50. The summed E-state index contributed by atoms with van der Waals surface area (Å²) in [6.07, 6.45) is -3.36. The molecule has 190 valence electrons. The summed E-state index contributed by atoms with van der Waals surface area (Å²) in [5.41, 5.74) is 1.94. The number of hydrogen-bond donors (Lipinski definition) is 2. The first kappa shape index (κ1) is 24.3. The summed E-state index contributed by atoms with van der Waals surface area (Å²) in [6.45, 7) is 1.96. The average molecular weight is 520 g/mol.